The molecule has 0 saturated heterocycles. The number of carbonyl (C=O) groups excluding carboxylic acids is 3. The number of esters is 1. The van der Waals surface area contributed by atoms with Crippen molar-refractivity contribution >= 4 is 18.2 Å². The SMILES string of the molecule is COC(=O)c1cc(F)ccc1CN(C(=O)OC(C)(C)C)C(=O)OC(C)(C)C. The normalized spacial score (nSPS) is 11.6. The number of hydrogen-bond donors (Lipinski definition) is 0. The number of halogens is 1. The van der Waals surface area contributed by atoms with E-state index in [1.54, 1.807) is 41.5 Å². The summed E-state index contributed by atoms with van der Waals surface area (Å²) >= 11 is 0. The van der Waals surface area contributed by atoms with E-state index in [2.05, 4.69) is 4.74 Å². The number of hydrogen-bond acceptors (Lipinski definition) is 6. The number of benzene rings is 1. The van der Waals surface area contributed by atoms with Gasteiger partial charge in [-0.3, -0.25) is 0 Å². The molecular weight excluding hydrogens is 357 g/mol. The summed E-state index contributed by atoms with van der Waals surface area (Å²) in [5.41, 5.74) is -1.61. The number of ether oxygens (including phenoxy) is 3. The molecule has 0 atom stereocenters. The molecule has 7 nitrogen and oxygen atoms in total. The Morgan fingerprint density at radius 1 is 0.963 bits per heavy atom. The summed E-state index contributed by atoms with van der Waals surface area (Å²) in [6.07, 6.45) is -1.89. The number of rotatable bonds is 3. The van der Waals surface area contributed by atoms with Gasteiger partial charge in [-0.1, -0.05) is 6.07 Å². The predicted octanol–water partition coefficient (Wildman–Crippen LogP) is 4.28. The van der Waals surface area contributed by atoms with E-state index >= 15 is 0 Å². The first-order chi connectivity index (χ1) is 12.2. The van der Waals surface area contributed by atoms with Crippen LogP contribution in [-0.4, -0.2) is 41.4 Å². The maximum absolute atomic E-state index is 13.5. The maximum atomic E-state index is 13.5. The molecule has 0 fully saturated rings. The quantitative estimate of drug-likeness (QED) is 0.572. The summed E-state index contributed by atoms with van der Waals surface area (Å²) in [6, 6.07) is 3.39. The highest BCUT2D eigenvalue weighted by Crippen LogP contribution is 2.20. The Balaban J connectivity index is 3.27. The standard InChI is InChI=1S/C19H26FNO6/c1-18(2,3)26-16(23)21(17(24)27-19(4,5)6)11-12-8-9-13(20)10-14(12)15(22)25-7/h8-10H,11H2,1-7H3. The first-order valence-electron chi connectivity index (χ1n) is 8.34. The summed E-state index contributed by atoms with van der Waals surface area (Å²) in [5.74, 6) is -1.45. The zero-order valence-corrected chi connectivity index (χ0v) is 16.7. The fourth-order valence-corrected chi connectivity index (χ4v) is 1.99. The molecule has 0 radical (unpaired) electrons. The van der Waals surface area contributed by atoms with Crippen LogP contribution in [0.15, 0.2) is 18.2 Å². The zero-order valence-electron chi connectivity index (χ0n) is 16.7. The van der Waals surface area contributed by atoms with Gasteiger partial charge in [-0.05, 0) is 59.2 Å². The first kappa shape index (κ1) is 22.4. The molecule has 0 spiro atoms. The second-order valence-corrected chi connectivity index (χ2v) is 7.84. The fraction of sp³-hybridized carbons (Fsp3) is 0.526. The van der Waals surface area contributed by atoms with Gasteiger partial charge in [0.1, 0.15) is 17.0 Å². The van der Waals surface area contributed by atoms with Crippen molar-refractivity contribution in [3.63, 3.8) is 0 Å². The minimum absolute atomic E-state index is 0.102. The maximum Gasteiger partial charge on any atom is 0.420 e. The summed E-state index contributed by atoms with van der Waals surface area (Å²) in [5, 5.41) is 0. The Hall–Kier alpha value is -2.64. The van der Waals surface area contributed by atoms with Gasteiger partial charge in [-0.25, -0.2) is 23.7 Å². The van der Waals surface area contributed by atoms with E-state index < -0.39 is 35.2 Å². The molecule has 0 aliphatic carbocycles. The molecule has 8 heteroatoms. The number of carbonyl (C=O) groups is 3. The summed E-state index contributed by atoms with van der Waals surface area (Å²) in [6.45, 7) is 9.54. The molecule has 0 N–H and O–H groups in total. The highest BCUT2D eigenvalue weighted by molar-refractivity contribution is 5.92. The average Bonchev–Trinajstić information content (AvgIpc) is 2.49. The van der Waals surface area contributed by atoms with E-state index in [0.717, 1.165) is 24.1 Å². The van der Waals surface area contributed by atoms with E-state index in [4.69, 9.17) is 9.47 Å². The minimum Gasteiger partial charge on any atom is -0.465 e. The van der Waals surface area contributed by atoms with Gasteiger partial charge in [0, 0.05) is 0 Å². The van der Waals surface area contributed by atoms with Crippen LogP contribution in [0.4, 0.5) is 14.0 Å². The van der Waals surface area contributed by atoms with E-state index in [1.165, 1.54) is 6.07 Å². The molecular formula is C19H26FNO6. The predicted molar refractivity (Wildman–Crippen MR) is 95.8 cm³/mol. The molecule has 0 saturated carbocycles. The lowest BCUT2D eigenvalue weighted by atomic mass is 10.1. The van der Waals surface area contributed by atoms with Gasteiger partial charge in [-0.15, -0.1) is 0 Å². The van der Waals surface area contributed by atoms with Crippen LogP contribution in [0, 0.1) is 5.82 Å². The molecule has 2 amide bonds. The molecule has 27 heavy (non-hydrogen) atoms. The van der Waals surface area contributed by atoms with E-state index in [0.29, 0.717) is 0 Å². The van der Waals surface area contributed by atoms with Gasteiger partial charge in [0.2, 0.25) is 0 Å². The van der Waals surface area contributed by atoms with Gasteiger partial charge >= 0.3 is 18.2 Å². The molecule has 0 aromatic heterocycles. The fourth-order valence-electron chi connectivity index (χ4n) is 1.99. The number of imide groups is 1. The minimum atomic E-state index is -0.947. The third-order valence-corrected chi connectivity index (χ3v) is 3.03. The van der Waals surface area contributed by atoms with Crippen LogP contribution in [0.2, 0.25) is 0 Å². The highest BCUT2D eigenvalue weighted by Gasteiger charge is 2.32. The molecule has 1 aromatic rings. The highest BCUT2D eigenvalue weighted by atomic mass is 19.1. The van der Waals surface area contributed by atoms with Crippen molar-refractivity contribution in [2.75, 3.05) is 7.11 Å². The zero-order chi connectivity index (χ0) is 21.0. The Labute approximate surface area is 158 Å². The van der Waals surface area contributed by atoms with Crippen molar-refractivity contribution in [1.82, 2.24) is 4.90 Å². The van der Waals surface area contributed by atoms with Crippen molar-refractivity contribution in [3.05, 3.63) is 35.1 Å². The van der Waals surface area contributed by atoms with Crippen molar-refractivity contribution in [1.29, 1.82) is 0 Å². The number of nitrogens with zero attached hydrogens (tertiary/aromatic N) is 1. The van der Waals surface area contributed by atoms with Crippen LogP contribution in [-0.2, 0) is 20.8 Å². The monoisotopic (exact) mass is 383 g/mol. The molecule has 150 valence electrons. The number of amides is 2. The third-order valence-electron chi connectivity index (χ3n) is 3.03. The second kappa shape index (κ2) is 8.37. The Kier molecular flexibility index (Phi) is 6.94. The lowest BCUT2D eigenvalue weighted by Crippen LogP contribution is -2.43. The molecule has 0 aliphatic heterocycles. The molecule has 1 aromatic carbocycles. The molecule has 0 aliphatic rings. The summed E-state index contributed by atoms with van der Waals surface area (Å²) < 4.78 is 28.7. The first-order valence-corrected chi connectivity index (χ1v) is 8.34. The van der Waals surface area contributed by atoms with E-state index in [9.17, 15) is 18.8 Å². The van der Waals surface area contributed by atoms with Crippen molar-refractivity contribution in [2.24, 2.45) is 0 Å². The Morgan fingerprint density at radius 2 is 1.44 bits per heavy atom. The second-order valence-electron chi connectivity index (χ2n) is 7.84. The van der Waals surface area contributed by atoms with Crippen LogP contribution < -0.4 is 0 Å². The summed E-state index contributed by atoms with van der Waals surface area (Å²) in [4.78, 5) is 37.7. The average molecular weight is 383 g/mol. The molecule has 0 bridgehead atoms. The molecule has 0 unspecified atom stereocenters. The van der Waals surface area contributed by atoms with Crippen LogP contribution in [0.5, 0.6) is 0 Å². The van der Waals surface area contributed by atoms with Gasteiger partial charge in [0.05, 0.1) is 19.2 Å². The van der Waals surface area contributed by atoms with Crippen molar-refractivity contribution in [2.45, 2.75) is 59.3 Å². The van der Waals surface area contributed by atoms with Crippen LogP contribution in [0.25, 0.3) is 0 Å². The topological polar surface area (TPSA) is 82.1 Å². The third kappa shape index (κ3) is 7.24. The smallest absolute Gasteiger partial charge is 0.420 e. The van der Waals surface area contributed by atoms with Crippen molar-refractivity contribution < 1.29 is 33.0 Å². The van der Waals surface area contributed by atoms with Gasteiger partial charge in [0.15, 0.2) is 0 Å². The van der Waals surface area contributed by atoms with Gasteiger partial charge in [-0.2, -0.15) is 0 Å². The Bertz CT molecular complexity index is 690. The lowest BCUT2D eigenvalue weighted by molar-refractivity contribution is -0.000446. The van der Waals surface area contributed by atoms with Crippen LogP contribution >= 0.6 is 0 Å². The largest absolute Gasteiger partial charge is 0.465 e. The Morgan fingerprint density at radius 3 is 1.85 bits per heavy atom. The van der Waals surface area contributed by atoms with E-state index in [-0.39, 0.29) is 17.7 Å². The molecule has 1 rings (SSSR count). The number of methoxy groups -OCH3 is 1. The van der Waals surface area contributed by atoms with Crippen LogP contribution in [0.1, 0.15) is 57.5 Å². The van der Waals surface area contributed by atoms with Crippen LogP contribution in [0.3, 0.4) is 0 Å². The summed E-state index contributed by atoms with van der Waals surface area (Å²) in [7, 11) is 1.15. The molecule has 0 heterocycles. The van der Waals surface area contributed by atoms with Crippen molar-refractivity contribution in [3.8, 4) is 0 Å². The van der Waals surface area contributed by atoms with Gasteiger partial charge in [0.25, 0.3) is 0 Å². The van der Waals surface area contributed by atoms with E-state index in [1.807, 2.05) is 0 Å². The van der Waals surface area contributed by atoms with Gasteiger partial charge < -0.3 is 14.2 Å². The lowest BCUT2D eigenvalue weighted by Gasteiger charge is -2.29.